The number of hydrogen-bond acceptors (Lipinski definition) is 3. The average molecular weight is 344 g/mol. The predicted octanol–water partition coefficient (Wildman–Crippen LogP) is 3.21. The molecular formula is C15H18ClNO4S. The maximum Gasteiger partial charge on any atom is 0.335 e. The number of allylic oxidation sites excluding steroid dienone is 1. The number of sulfonamides is 1. The van der Waals surface area contributed by atoms with Crippen molar-refractivity contribution >= 4 is 27.6 Å². The fraction of sp³-hybridized carbons (Fsp3) is 0.400. The van der Waals surface area contributed by atoms with Gasteiger partial charge in [-0.15, -0.1) is 0 Å². The lowest BCUT2D eigenvalue weighted by Crippen LogP contribution is -2.25. The summed E-state index contributed by atoms with van der Waals surface area (Å²) in [5, 5.41) is 8.96. The fourth-order valence-corrected chi connectivity index (χ4v) is 3.95. The summed E-state index contributed by atoms with van der Waals surface area (Å²) in [4.78, 5) is 10.7. The van der Waals surface area contributed by atoms with Crippen LogP contribution in [0.1, 0.15) is 42.5 Å². The number of hydrogen-bond donors (Lipinski definition) is 2. The van der Waals surface area contributed by atoms with Crippen LogP contribution < -0.4 is 4.72 Å². The molecule has 1 aromatic carbocycles. The largest absolute Gasteiger partial charge is 0.478 e. The van der Waals surface area contributed by atoms with Crippen LogP contribution in [-0.4, -0.2) is 26.0 Å². The monoisotopic (exact) mass is 343 g/mol. The number of aromatic carboxylic acids is 1. The van der Waals surface area contributed by atoms with Crippen LogP contribution in [0, 0.1) is 0 Å². The molecule has 0 atom stereocenters. The molecule has 1 aromatic rings. The van der Waals surface area contributed by atoms with E-state index in [0.717, 1.165) is 25.3 Å². The van der Waals surface area contributed by atoms with Gasteiger partial charge in [-0.25, -0.2) is 17.9 Å². The second kappa shape index (κ2) is 7.26. The van der Waals surface area contributed by atoms with Gasteiger partial charge in [-0.1, -0.05) is 23.3 Å². The van der Waals surface area contributed by atoms with Crippen molar-refractivity contribution in [1.82, 2.24) is 4.72 Å². The molecule has 0 unspecified atom stereocenters. The van der Waals surface area contributed by atoms with Crippen molar-refractivity contribution < 1.29 is 18.3 Å². The Morgan fingerprint density at radius 1 is 1.32 bits per heavy atom. The maximum absolute atomic E-state index is 12.3. The SMILES string of the molecule is O=C(O)c1ccc(Cl)c(S(=O)(=O)NCCC2=CCCCC2)c1. The molecule has 7 heteroatoms. The minimum Gasteiger partial charge on any atom is -0.478 e. The molecule has 0 aliphatic heterocycles. The van der Waals surface area contributed by atoms with E-state index in [1.807, 2.05) is 0 Å². The highest BCUT2D eigenvalue weighted by molar-refractivity contribution is 7.89. The number of benzene rings is 1. The molecule has 120 valence electrons. The van der Waals surface area contributed by atoms with Crippen LogP contribution in [0.25, 0.3) is 0 Å². The molecule has 0 aromatic heterocycles. The zero-order valence-corrected chi connectivity index (χ0v) is 13.6. The summed E-state index contributed by atoms with van der Waals surface area (Å²) < 4.78 is 27.0. The van der Waals surface area contributed by atoms with Gasteiger partial charge in [0.25, 0.3) is 0 Å². The second-order valence-electron chi connectivity index (χ2n) is 5.21. The number of rotatable bonds is 6. The van der Waals surface area contributed by atoms with Crippen LogP contribution in [-0.2, 0) is 10.0 Å². The Bertz CT molecular complexity index is 697. The van der Waals surface area contributed by atoms with Crippen molar-refractivity contribution in [2.45, 2.75) is 37.0 Å². The molecule has 1 aliphatic carbocycles. The van der Waals surface area contributed by atoms with Crippen LogP contribution in [0.15, 0.2) is 34.7 Å². The van der Waals surface area contributed by atoms with Gasteiger partial charge in [-0.3, -0.25) is 0 Å². The Hall–Kier alpha value is -1.37. The van der Waals surface area contributed by atoms with Crippen LogP contribution in [0.5, 0.6) is 0 Å². The summed E-state index contributed by atoms with van der Waals surface area (Å²) in [6.07, 6.45) is 7.22. The van der Waals surface area contributed by atoms with Gasteiger partial charge in [0.15, 0.2) is 0 Å². The molecule has 5 nitrogen and oxygen atoms in total. The van der Waals surface area contributed by atoms with Crippen molar-refractivity contribution in [3.8, 4) is 0 Å². The van der Waals surface area contributed by atoms with Gasteiger partial charge in [0, 0.05) is 6.54 Å². The van der Waals surface area contributed by atoms with Crippen LogP contribution in [0.4, 0.5) is 0 Å². The smallest absolute Gasteiger partial charge is 0.335 e. The van der Waals surface area contributed by atoms with E-state index in [9.17, 15) is 13.2 Å². The summed E-state index contributed by atoms with van der Waals surface area (Å²) in [7, 11) is -3.82. The summed E-state index contributed by atoms with van der Waals surface area (Å²) in [6, 6.07) is 3.63. The molecule has 0 heterocycles. The van der Waals surface area contributed by atoms with Gasteiger partial charge < -0.3 is 5.11 Å². The minimum atomic E-state index is -3.82. The summed E-state index contributed by atoms with van der Waals surface area (Å²) in [5.41, 5.74) is 1.15. The average Bonchev–Trinajstić information content (AvgIpc) is 2.48. The lowest BCUT2D eigenvalue weighted by Gasteiger charge is -2.13. The molecule has 0 fully saturated rings. The molecule has 2 N–H and O–H groups in total. The van der Waals surface area contributed by atoms with Crippen molar-refractivity contribution in [3.05, 3.63) is 40.4 Å². The highest BCUT2D eigenvalue weighted by Crippen LogP contribution is 2.23. The van der Waals surface area contributed by atoms with Crippen molar-refractivity contribution in [2.24, 2.45) is 0 Å². The van der Waals surface area contributed by atoms with E-state index in [0.29, 0.717) is 6.42 Å². The van der Waals surface area contributed by atoms with Gasteiger partial charge in [-0.2, -0.15) is 0 Å². The van der Waals surface area contributed by atoms with Crippen LogP contribution in [0.3, 0.4) is 0 Å². The second-order valence-corrected chi connectivity index (χ2v) is 7.35. The van der Waals surface area contributed by atoms with E-state index >= 15 is 0 Å². The van der Waals surface area contributed by atoms with E-state index < -0.39 is 16.0 Å². The van der Waals surface area contributed by atoms with Crippen molar-refractivity contribution in [3.63, 3.8) is 0 Å². The zero-order chi connectivity index (χ0) is 16.2. The number of carboxylic acids is 1. The first-order valence-electron chi connectivity index (χ1n) is 7.10. The van der Waals surface area contributed by atoms with Gasteiger partial charge in [0.05, 0.1) is 10.6 Å². The highest BCUT2D eigenvalue weighted by atomic mass is 35.5. The summed E-state index contributed by atoms with van der Waals surface area (Å²) in [5.74, 6) is -1.19. The third-order valence-electron chi connectivity index (χ3n) is 3.59. The number of carbonyl (C=O) groups is 1. The van der Waals surface area contributed by atoms with E-state index in [2.05, 4.69) is 10.8 Å². The van der Waals surface area contributed by atoms with E-state index in [-0.39, 0.29) is 22.0 Å². The Balaban J connectivity index is 2.08. The number of halogens is 1. The lowest BCUT2D eigenvalue weighted by atomic mass is 9.97. The van der Waals surface area contributed by atoms with E-state index in [1.165, 1.54) is 24.1 Å². The van der Waals surface area contributed by atoms with Gasteiger partial charge >= 0.3 is 5.97 Å². The lowest BCUT2D eigenvalue weighted by molar-refractivity contribution is 0.0696. The first-order valence-corrected chi connectivity index (χ1v) is 8.97. The Labute approximate surface area is 135 Å². The van der Waals surface area contributed by atoms with Crippen LogP contribution in [0.2, 0.25) is 5.02 Å². The molecule has 0 saturated heterocycles. The quantitative estimate of drug-likeness (QED) is 0.777. The third kappa shape index (κ3) is 4.32. The molecule has 0 radical (unpaired) electrons. The number of nitrogens with one attached hydrogen (secondary N) is 1. The third-order valence-corrected chi connectivity index (χ3v) is 5.53. The molecule has 22 heavy (non-hydrogen) atoms. The topological polar surface area (TPSA) is 83.5 Å². The summed E-state index contributed by atoms with van der Waals surface area (Å²) >= 11 is 5.89. The zero-order valence-electron chi connectivity index (χ0n) is 12.0. The minimum absolute atomic E-state index is 0.00869. The molecule has 0 bridgehead atoms. The Morgan fingerprint density at radius 2 is 2.09 bits per heavy atom. The molecule has 2 rings (SSSR count). The summed E-state index contributed by atoms with van der Waals surface area (Å²) in [6.45, 7) is 0.280. The fourth-order valence-electron chi connectivity index (χ4n) is 2.40. The standard InChI is InChI=1S/C15H18ClNO4S/c16-13-7-6-12(15(18)19)10-14(13)22(20,21)17-9-8-11-4-2-1-3-5-11/h4,6-7,10,17H,1-3,5,8-9H2,(H,18,19). The molecular weight excluding hydrogens is 326 g/mol. The predicted molar refractivity (Wildman–Crippen MR) is 84.8 cm³/mol. The number of carboxylic acid groups (broad SMARTS) is 1. The highest BCUT2D eigenvalue weighted by Gasteiger charge is 2.19. The maximum atomic E-state index is 12.3. The van der Waals surface area contributed by atoms with Gasteiger partial charge in [0.2, 0.25) is 10.0 Å². The van der Waals surface area contributed by atoms with Gasteiger partial charge in [0.1, 0.15) is 4.90 Å². The normalized spacial score (nSPS) is 15.4. The molecule has 0 amide bonds. The van der Waals surface area contributed by atoms with E-state index in [4.69, 9.17) is 16.7 Å². The first kappa shape index (κ1) is 17.0. The first-order chi connectivity index (χ1) is 10.4. The van der Waals surface area contributed by atoms with Crippen LogP contribution >= 0.6 is 11.6 Å². The molecule has 1 aliphatic rings. The van der Waals surface area contributed by atoms with Crippen molar-refractivity contribution in [1.29, 1.82) is 0 Å². The Morgan fingerprint density at radius 3 is 2.73 bits per heavy atom. The molecule has 0 saturated carbocycles. The Kier molecular flexibility index (Phi) is 5.61. The molecule has 0 spiro atoms. The van der Waals surface area contributed by atoms with Gasteiger partial charge in [-0.05, 0) is 50.3 Å². The van der Waals surface area contributed by atoms with Crippen molar-refractivity contribution in [2.75, 3.05) is 6.54 Å². The van der Waals surface area contributed by atoms with E-state index in [1.54, 1.807) is 0 Å².